The Morgan fingerprint density at radius 2 is 1.52 bits per heavy atom. The predicted molar refractivity (Wildman–Crippen MR) is 125 cm³/mol. The number of hydrogen-bond acceptors (Lipinski definition) is 4. The summed E-state index contributed by atoms with van der Waals surface area (Å²) in [5.41, 5.74) is 5.22. The molecule has 3 rings (SSSR count). The minimum absolute atomic E-state index is 0.210. The number of rotatable bonds is 6. The molecule has 31 heavy (non-hydrogen) atoms. The van der Waals surface area contributed by atoms with E-state index < -0.39 is 5.97 Å². The molecule has 1 N–H and O–H groups in total. The van der Waals surface area contributed by atoms with Gasteiger partial charge in [-0.1, -0.05) is 33.6 Å². The van der Waals surface area contributed by atoms with Gasteiger partial charge in [-0.25, -0.2) is 4.79 Å². The highest BCUT2D eigenvalue weighted by atomic mass is 79.9. The van der Waals surface area contributed by atoms with Gasteiger partial charge in [0, 0.05) is 15.7 Å². The van der Waals surface area contributed by atoms with Gasteiger partial charge in [0.2, 0.25) is 0 Å². The average molecular weight is 482 g/mol. The molecule has 0 heterocycles. The molecule has 0 spiro atoms. The normalized spacial score (nSPS) is 10.5. The third-order valence-corrected chi connectivity index (χ3v) is 5.20. The highest BCUT2D eigenvalue weighted by Gasteiger charge is 2.12. The summed E-state index contributed by atoms with van der Waals surface area (Å²) in [6.45, 7) is 7.58. The first-order valence-corrected chi connectivity index (χ1v) is 10.6. The molecule has 0 atom stereocenters. The minimum Gasteiger partial charge on any atom is -0.481 e. The third-order valence-electron chi connectivity index (χ3n) is 4.74. The molecule has 0 radical (unpaired) electrons. The number of halogens is 1. The van der Waals surface area contributed by atoms with Gasteiger partial charge in [0.25, 0.3) is 5.91 Å². The summed E-state index contributed by atoms with van der Waals surface area (Å²) in [6, 6.07) is 16.1. The van der Waals surface area contributed by atoms with Crippen LogP contribution < -0.4 is 14.8 Å². The van der Waals surface area contributed by atoms with E-state index in [1.807, 2.05) is 58.0 Å². The van der Waals surface area contributed by atoms with Crippen LogP contribution in [0.5, 0.6) is 11.5 Å². The van der Waals surface area contributed by atoms with Crippen LogP contribution in [0.2, 0.25) is 0 Å². The van der Waals surface area contributed by atoms with Gasteiger partial charge in [-0.05, 0) is 86.8 Å². The summed E-state index contributed by atoms with van der Waals surface area (Å²) in [6.07, 6.45) is 0. The van der Waals surface area contributed by atoms with Crippen molar-refractivity contribution in [2.45, 2.75) is 27.7 Å². The van der Waals surface area contributed by atoms with E-state index in [-0.39, 0.29) is 12.5 Å². The van der Waals surface area contributed by atoms with Crippen LogP contribution in [0.15, 0.2) is 59.1 Å². The lowest BCUT2D eigenvalue weighted by Gasteiger charge is -2.12. The largest absolute Gasteiger partial charge is 0.481 e. The lowest BCUT2D eigenvalue weighted by molar-refractivity contribution is -0.136. The third kappa shape index (κ3) is 5.95. The van der Waals surface area contributed by atoms with Crippen molar-refractivity contribution in [3.63, 3.8) is 0 Å². The van der Waals surface area contributed by atoms with E-state index in [2.05, 4.69) is 21.2 Å². The number of carbonyl (C=O) groups is 2. The summed E-state index contributed by atoms with van der Waals surface area (Å²) in [5.74, 6) is 0.267. The molecule has 0 bridgehead atoms. The van der Waals surface area contributed by atoms with Gasteiger partial charge >= 0.3 is 5.97 Å². The van der Waals surface area contributed by atoms with Crippen LogP contribution in [-0.4, -0.2) is 18.5 Å². The molecule has 0 aliphatic carbocycles. The quantitative estimate of drug-likeness (QED) is 0.350. The molecule has 0 aliphatic rings. The van der Waals surface area contributed by atoms with Crippen LogP contribution in [0.1, 0.15) is 32.6 Å². The number of carbonyl (C=O) groups excluding carboxylic acids is 2. The molecular weight excluding hydrogens is 458 g/mol. The molecule has 0 fully saturated rings. The first kappa shape index (κ1) is 22.6. The number of amides is 1. The van der Waals surface area contributed by atoms with Crippen molar-refractivity contribution < 1.29 is 19.1 Å². The molecular formula is C25H24BrNO4. The fourth-order valence-electron chi connectivity index (χ4n) is 3.24. The molecule has 5 nitrogen and oxygen atoms in total. The first-order valence-electron chi connectivity index (χ1n) is 9.82. The Morgan fingerprint density at radius 1 is 0.871 bits per heavy atom. The summed E-state index contributed by atoms with van der Waals surface area (Å²) in [5, 5.41) is 2.90. The Balaban J connectivity index is 1.57. The maximum Gasteiger partial charge on any atom is 0.349 e. The summed E-state index contributed by atoms with van der Waals surface area (Å²) >= 11 is 3.44. The number of aryl methyl sites for hydroxylation is 4. The lowest BCUT2D eigenvalue weighted by atomic mass is 10.1. The monoisotopic (exact) mass is 481 g/mol. The minimum atomic E-state index is -0.519. The van der Waals surface area contributed by atoms with E-state index in [0.29, 0.717) is 17.1 Å². The van der Waals surface area contributed by atoms with E-state index in [0.717, 1.165) is 32.4 Å². The van der Waals surface area contributed by atoms with E-state index in [1.54, 1.807) is 24.3 Å². The summed E-state index contributed by atoms with van der Waals surface area (Å²) in [7, 11) is 0. The fraction of sp³-hybridized carbons (Fsp3) is 0.200. The zero-order valence-electron chi connectivity index (χ0n) is 17.9. The van der Waals surface area contributed by atoms with E-state index in [9.17, 15) is 9.59 Å². The SMILES string of the molecule is Cc1ccc(NC(=O)c2ccc(OC(=O)COc3c(C)cc(Br)cc3C)cc2)c(C)c1. The van der Waals surface area contributed by atoms with Crippen LogP contribution >= 0.6 is 15.9 Å². The Kier molecular flexibility index (Phi) is 7.13. The second-order valence-electron chi connectivity index (χ2n) is 7.43. The van der Waals surface area contributed by atoms with Crippen LogP contribution in [0, 0.1) is 27.7 Å². The highest BCUT2D eigenvalue weighted by Crippen LogP contribution is 2.27. The van der Waals surface area contributed by atoms with Crippen molar-refractivity contribution in [2.75, 3.05) is 11.9 Å². The number of nitrogens with one attached hydrogen (secondary N) is 1. The van der Waals surface area contributed by atoms with Crippen LogP contribution in [0.4, 0.5) is 5.69 Å². The van der Waals surface area contributed by atoms with Crippen molar-refractivity contribution in [2.24, 2.45) is 0 Å². The van der Waals surface area contributed by atoms with E-state index in [1.165, 1.54) is 0 Å². The van der Waals surface area contributed by atoms with Crippen molar-refractivity contribution in [3.05, 3.63) is 86.9 Å². The molecule has 0 unspecified atom stereocenters. The molecule has 6 heteroatoms. The number of esters is 1. The molecule has 3 aromatic rings. The number of anilines is 1. The maximum absolute atomic E-state index is 12.5. The topological polar surface area (TPSA) is 64.6 Å². The molecule has 160 valence electrons. The Labute approximate surface area is 190 Å². The number of hydrogen-bond donors (Lipinski definition) is 1. The van der Waals surface area contributed by atoms with E-state index in [4.69, 9.17) is 9.47 Å². The van der Waals surface area contributed by atoms with Gasteiger partial charge in [0.05, 0.1) is 0 Å². The zero-order chi connectivity index (χ0) is 22.5. The summed E-state index contributed by atoms with van der Waals surface area (Å²) in [4.78, 5) is 24.7. The second kappa shape index (κ2) is 9.79. The van der Waals surface area contributed by atoms with Crippen LogP contribution in [0.25, 0.3) is 0 Å². The fourth-order valence-corrected chi connectivity index (χ4v) is 3.93. The number of ether oxygens (including phenoxy) is 2. The van der Waals surface area contributed by atoms with Crippen molar-refractivity contribution >= 4 is 33.5 Å². The molecule has 0 aliphatic heterocycles. The maximum atomic E-state index is 12.5. The molecule has 0 aromatic heterocycles. The van der Waals surface area contributed by atoms with Gasteiger partial charge in [0.1, 0.15) is 11.5 Å². The van der Waals surface area contributed by atoms with Crippen molar-refractivity contribution in [3.8, 4) is 11.5 Å². The molecule has 0 saturated carbocycles. The van der Waals surface area contributed by atoms with Gasteiger partial charge in [-0.2, -0.15) is 0 Å². The number of benzene rings is 3. The van der Waals surface area contributed by atoms with Crippen LogP contribution in [-0.2, 0) is 4.79 Å². The Morgan fingerprint density at radius 3 is 2.13 bits per heavy atom. The van der Waals surface area contributed by atoms with Gasteiger partial charge in [-0.15, -0.1) is 0 Å². The van der Waals surface area contributed by atoms with Crippen molar-refractivity contribution in [1.82, 2.24) is 0 Å². The smallest absolute Gasteiger partial charge is 0.349 e. The Hall–Kier alpha value is -3.12. The average Bonchev–Trinajstić information content (AvgIpc) is 2.69. The lowest BCUT2D eigenvalue weighted by Crippen LogP contribution is -2.18. The highest BCUT2D eigenvalue weighted by molar-refractivity contribution is 9.10. The van der Waals surface area contributed by atoms with Crippen molar-refractivity contribution in [1.29, 1.82) is 0 Å². The van der Waals surface area contributed by atoms with Crippen LogP contribution in [0.3, 0.4) is 0 Å². The van der Waals surface area contributed by atoms with E-state index >= 15 is 0 Å². The van der Waals surface area contributed by atoms with Gasteiger partial charge in [-0.3, -0.25) is 4.79 Å². The molecule has 3 aromatic carbocycles. The molecule has 1 amide bonds. The predicted octanol–water partition coefficient (Wildman–Crippen LogP) is 5.92. The summed E-state index contributed by atoms with van der Waals surface area (Å²) < 4.78 is 11.9. The van der Waals surface area contributed by atoms with Gasteiger partial charge in [0.15, 0.2) is 6.61 Å². The first-order chi connectivity index (χ1) is 14.7. The zero-order valence-corrected chi connectivity index (χ0v) is 19.5. The standard InChI is InChI=1S/C25H24BrNO4/c1-15-5-10-22(16(2)11-15)27-25(29)19-6-8-21(9-7-19)31-23(28)14-30-24-17(3)12-20(26)13-18(24)4/h5-13H,14H2,1-4H3,(H,27,29). The molecule has 0 saturated heterocycles. The van der Waals surface area contributed by atoms with Gasteiger partial charge < -0.3 is 14.8 Å². The second-order valence-corrected chi connectivity index (χ2v) is 8.34. The Bertz CT molecular complexity index is 1100.